The lowest BCUT2D eigenvalue weighted by Gasteiger charge is -2.06. The summed E-state index contributed by atoms with van der Waals surface area (Å²) < 4.78 is 18.0. The monoisotopic (exact) mass is 132 g/mol. The second kappa shape index (κ2) is 2.25. The van der Waals surface area contributed by atoms with Crippen LogP contribution in [-0.2, 0) is 4.74 Å². The maximum absolute atomic E-state index is 12.8. The fraction of sp³-hybridized carbons (Fsp3) is 1.00. The summed E-state index contributed by atoms with van der Waals surface area (Å²) >= 11 is 0. The number of ether oxygens (including phenoxy) is 1. The maximum atomic E-state index is 12.8. The topological polar surface area (TPSA) is 9.23 Å². The molecule has 54 valence electrons. The molecule has 4 atom stereocenters. The van der Waals surface area contributed by atoms with Crippen LogP contribution >= 0.6 is 0 Å². The summed E-state index contributed by atoms with van der Waals surface area (Å²) in [5.41, 5.74) is 0. The van der Waals surface area contributed by atoms with Gasteiger partial charge in [-0.15, -0.1) is 0 Å². The minimum absolute atomic E-state index is 0.0694. The molecule has 1 fully saturated rings. The van der Waals surface area contributed by atoms with E-state index in [9.17, 15) is 4.39 Å². The molecule has 0 N–H and O–H groups in total. The van der Waals surface area contributed by atoms with Gasteiger partial charge in [-0.2, -0.15) is 0 Å². The van der Waals surface area contributed by atoms with Gasteiger partial charge in [-0.25, -0.2) is 4.39 Å². The van der Waals surface area contributed by atoms with Gasteiger partial charge >= 0.3 is 0 Å². The van der Waals surface area contributed by atoms with Crippen LogP contribution in [0.4, 0.5) is 4.39 Å². The fourth-order valence-electron chi connectivity index (χ4n) is 1.22. The van der Waals surface area contributed by atoms with Crippen LogP contribution in [0.15, 0.2) is 0 Å². The van der Waals surface area contributed by atoms with Crippen molar-refractivity contribution < 1.29 is 9.13 Å². The Morgan fingerprint density at radius 3 is 1.78 bits per heavy atom. The zero-order valence-corrected chi connectivity index (χ0v) is 6.10. The lowest BCUT2D eigenvalue weighted by atomic mass is 10.0. The zero-order valence-electron chi connectivity index (χ0n) is 6.10. The molecule has 0 aromatic heterocycles. The number of hydrogen-bond donors (Lipinski definition) is 0. The molecule has 9 heavy (non-hydrogen) atoms. The molecule has 0 amide bonds. The van der Waals surface area contributed by atoms with Crippen LogP contribution in [0, 0.1) is 5.92 Å². The van der Waals surface area contributed by atoms with E-state index in [-0.39, 0.29) is 18.1 Å². The lowest BCUT2D eigenvalue weighted by molar-refractivity contribution is 0.0467. The highest BCUT2D eigenvalue weighted by Crippen LogP contribution is 2.28. The summed E-state index contributed by atoms with van der Waals surface area (Å²) in [6.45, 7) is 5.59. The van der Waals surface area contributed by atoms with E-state index in [0.29, 0.717) is 0 Å². The minimum atomic E-state index is -0.764. The average molecular weight is 132 g/mol. The van der Waals surface area contributed by atoms with Gasteiger partial charge in [0.1, 0.15) is 6.17 Å². The van der Waals surface area contributed by atoms with Crippen molar-refractivity contribution in [3.05, 3.63) is 0 Å². The van der Waals surface area contributed by atoms with Crippen molar-refractivity contribution in [3.8, 4) is 0 Å². The molecule has 0 bridgehead atoms. The zero-order chi connectivity index (χ0) is 7.02. The van der Waals surface area contributed by atoms with E-state index in [0.717, 1.165) is 0 Å². The van der Waals surface area contributed by atoms with Gasteiger partial charge in [-0.05, 0) is 13.8 Å². The van der Waals surface area contributed by atoms with E-state index in [4.69, 9.17) is 4.74 Å². The summed E-state index contributed by atoms with van der Waals surface area (Å²) in [6, 6.07) is 0. The molecule has 1 heterocycles. The second-order valence-corrected chi connectivity index (χ2v) is 2.85. The fourth-order valence-corrected chi connectivity index (χ4v) is 1.22. The molecule has 0 aromatic rings. The minimum Gasteiger partial charge on any atom is -0.372 e. The number of rotatable bonds is 0. The molecule has 2 heteroatoms. The maximum Gasteiger partial charge on any atom is 0.131 e. The Hall–Kier alpha value is -0.110. The van der Waals surface area contributed by atoms with Gasteiger partial charge in [0.2, 0.25) is 0 Å². The van der Waals surface area contributed by atoms with Crippen molar-refractivity contribution in [1.82, 2.24) is 0 Å². The van der Waals surface area contributed by atoms with Crippen LogP contribution in [-0.4, -0.2) is 18.4 Å². The predicted octanol–water partition coefficient (Wildman–Crippen LogP) is 1.77. The van der Waals surface area contributed by atoms with Crippen molar-refractivity contribution >= 4 is 0 Å². The molecule has 1 aliphatic heterocycles. The summed E-state index contributed by atoms with van der Waals surface area (Å²) in [5.74, 6) is 0.0694. The summed E-state index contributed by atoms with van der Waals surface area (Å²) in [4.78, 5) is 0. The van der Waals surface area contributed by atoms with Gasteiger partial charge in [0.05, 0.1) is 12.2 Å². The highest BCUT2D eigenvalue weighted by molar-refractivity contribution is 4.83. The highest BCUT2D eigenvalue weighted by Gasteiger charge is 2.36. The van der Waals surface area contributed by atoms with Gasteiger partial charge in [-0.3, -0.25) is 0 Å². The van der Waals surface area contributed by atoms with Crippen LogP contribution < -0.4 is 0 Å². The Kier molecular flexibility index (Phi) is 1.75. The molecule has 1 aliphatic rings. The highest BCUT2D eigenvalue weighted by atomic mass is 19.1. The molecule has 4 unspecified atom stereocenters. The molecular weight excluding hydrogens is 119 g/mol. The van der Waals surface area contributed by atoms with Gasteiger partial charge in [0.25, 0.3) is 0 Å². The van der Waals surface area contributed by atoms with Crippen LogP contribution in [0.25, 0.3) is 0 Å². The molecule has 0 saturated carbocycles. The van der Waals surface area contributed by atoms with E-state index in [1.807, 2.05) is 13.8 Å². The summed E-state index contributed by atoms with van der Waals surface area (Å²) in [6.07, 6.45) is -0.870. The van der Waals surface area contributed by atoms with Crippen LogP contribution in [0.3, 0.4) is 0 Å². The molecule has 0 aromatic carbocycles. The quantitative estimate of drug-likeness (QED) is 0.488. The first-order valence-corrected chi connectivity index (χ1v) is 3.42. The van der Waals surface area contributed by atoms with Crippen LogP contribution in [0.2, 0.25) is 0 Å². The van der Waals surface area contributed by atoms with Crippen LogP contribution in [0.1, 0.15) is 20.8 Å². The molecule has 0 aliphatic carbocycles. The molecule has 0 spiro atoms. The first-order chi connectivity index (χ1) is 4.13. The Labute approximate surface area is 55.2 Å². The second-order valence-electron chi connectivity index (χ2n) is 2.85. The molecule has 1 saturated heterocycles. The van der Waals surface area contributed by atoms with Crippen molar-refractivity contribution in [2.45, 2.75) is 39.2 Å². The third-order valence-corrected chi connectivity index (χ3v) is 2.12. The average Bonchev–Trinajstić information content (AvgIpc) is 1.98. The van der Waals surface area contributed by atoms with Crippen molar-refractivity contribution in [3.63, 3.8) is 0 Å². The Morgan fingerprint density at radius 1 is 1.11 bits per heavy atom. The Balaban J connectivity index is 2.54. The Morgan fingerprint density at radius 2 is 1.67 bits per heavy atom. The van der Waals surface area contributed by atoms with Crippen molar-refractivity contribution in [2.75, 3.05) is 0 Å². The summed E-state index contributed by atoms with van der Waals surface area (Å²) in [5, 5.41) is 0. The molecular formula is C7H13FO. The first kappa shape index (κ1) is 7.00. The predicted molar refractivity (Wildman–Crippen MR) is 34.1 cm³/mol. The molecule has 1 rings (SSSR count). The SMILES string of the molecule is CC1OC(C)C(F)C1C. The van der Waals surface area contributed by atoms with Crippen molar-refractivity contribution in [1.29, 1.82) is 0 Å². The van der Waals surface area contributed by atoms with E-state index < -0.39 is 6.17 Å². The molecule has 0 radical (unpaired) electrons. The first-order valence-electron chi connectivity index (χ1n) is 3.42. The Bertz CT molecular complexity index is 93.1. The lowest BCUT2D eigenvalue weighted by Crippen LogP contribution is -2.17. The number of halogens is 1. The van der Waals surface area contributed by atoms with E-state index in [2.05, 4.69) is 0 Å². The van der Waals surface area contributed by atoms with E-state index >= 15 is 0 Å². The van der Waals surface area contributed by atoms with Gasteiger partial charge in [-0.1, -0.05) is 6.92 Å². The van der Waals surface area contributed by atoms with E-state index in [1.165, 1.54) is 0 Å². The normalized spacial score (nSPS) is 52.0. The standard InChI is InChI=1S/C7H13FO/c1-4-5(2)9-6(3)7(4)8/h4-7H,1-3H3. The number of hydrogen-bond acceptors (Lipinski definition) is 1. The van der Waals surface area contributed by atoms with Crippen molar-refractivity contribution in [2.24, 2.45) is 5.92 Å². The summed E-state index contributed by atoms with van der Waals surface area (Å²) in [7, 11) is 0. The smallest absolute Gasteiger partial charge is 0.131 e. The third kappa shape index (κ3) is 1.08. The van der Waals surface area contributed by atoms with Gasteiger partial charge in [0.15, 0.2) is 0 Å². The largest absolute Gasteiger partial charge is 0.372 e. The van der Waals surface area contributed by atoms with Gasteiger partial charge < -0.3 is 4.74 Å². The molecule has 1 nitrogen and oxygen atoms in total. The third-order valence-electron chi connectivity index (χ3n) is 2.12. The van der Waals surface area contributed by atoms with Crippen LogP contribution in [0.5, 0.6) is 0 Å². The number of alkyl halides is 1. The van der Waals surface area contributed by atoms with Gasteiger partial charge in [0, 0.05) is 5.92 Å². The van der Waals surface area contributed by atoms with E-state index in [1.54, 1.807) is 6.92 Å².